The third-order valence-corrected chi connectivity index (χ3v) is 6.24. The normalized spacial score (nSPS) is 23.0. The lowest BCUT2D eigenvalue weighted by atomic mass is 10.2. The molecular formula is C18H29N3O2S. The second-order valence-electron chi connectivity index (χ2n) is 7.23. The summed E-state index contributed by atoms with van der Waals surface area (Å²) >= 11 is 1.56. The van der Waals surface area contributed by atoms with Gasteiger partial charge in [-0.3, -0.25) is 4.79 Å². The summed E-state index contributed by atoms with van der Waals surface area (Å²) in [6, 6.07) is 0. The van der Waals surface area contributed by atoms with Gasteiger partial charge in [0.1, 0.15) is 4.88 Å². The van der Waals surface area contributed by atoms with Gasteiger partial charge in [-0.2, -0.15) is 0 Å². The van der Waals surface area contributed by atoms with Gasteiger partial charge in [0, 0.05) is 32.2 Å². The molecular weight excluding hydrogens is 322 g/mol. The minimum Gasteiger partial charge on any atom is -0.375 e. The third-order valence-electron chi connectivity index (χ3n) is 4.80. The Morgan fingerprint density at radius 2 is 2.04 bits per heavy atom. The highest BCUT2D eigenvalue weighted by Crippen LogP contribution is 2.26. The Bertz CT molecular complexity index is 567. The zero-order chi connectivity index (χ0) is 17.1. The van der Waals surface area contributed by atoms with Crippen LogP contribution in [0.15, 0.2) is 0 Å². The highest BCUT2D eigenvalue weighted by Gasteiger charge is 2.28. The van der Waals surface area contributed by atoms with Crippen LogP contribution in [-0.2, 0) is 4.74 Å². The van der Waals surface area contributed by atoms with E-state index in [1.54, 1.807) is 11.3 Å². The van der Waals surface area contributed by atoms with Crippen molar-refractivity contribution < 1.29 is 9.53 Å². The van der Waals surface area contributed by atoms with Gasteiger partial charge < -0.3 is 14.5 Å². The predicted octanol–water partition coefficient (Wildman–Crippen LogP) is 2.90. The first-order valence-corrected chi connectivity index (χ1v) is 9.97. The number of thiazole rings is 1. The number of hydrogen-bond donors (Lipinski definition) is 0. The zero-order valence-corrected chi connectivity index (χ0v) is 15.9. The average molecular weight is 352 g/mol. The molecule has 2 fully saturated rings. The summed E-state index contributed by atoms with van der Waals surface area (Å²) in [5.74, 6) is 0.499. The van der Waals surface area contributed by atoms with Gasteiger partial charge in [0.05, 0.1) is 16.8 Å². The van der Waals surface area contributed by atoms with Crippen LogP contribution >= 0.6 is 11.3 Å². The van der Waals surface area contributed by atoms with E-state index in [0.29, 0.717) is 12.5 Å². The van der Waals surface area contributed by atoms with E-state index in [1.807, 2.05) is 11.8 Å². The number of amides is 1. The number of carbonyl (C=O) groups is 1. The molecule has 1 atom stereocenters. The van der Waals surface area contributed by atoms with Crippen LogP contribution in [0.3, 0.4) is 0 Å². The van der Waals surface area contributed by atoms with Crippen molar-refractivity contribution in [1.82, 2.24) is 14.8 Å². The highest BCUT2D eigenvalue weighted by molar-refractivity contribution is 7.13. The minimum atomic E-state index is 0.132. The van der Waals surface area contributed by atoms with Gasteiger partial charge in [0.2, 0.25) is 0 Å². The van der Waals surface area contributed by atoms with Crippen molar-refractivity contribution >= 4 is 17.2 Å². The molecule has 2 aliphatic heterocycles. The highest BCUT2D eigenvalue weighted by atomic mass is 32.1. The van der Waals surface area contributed by atoms with Gasteiger partial charge >= 0.3 is 0 Å². The standard InChI is InChI=1S/C18H29N3O2S/c1-13(2)17-19-14(3)16(24-17)18(22)21-9-6-10-23-15(12-21)11-20-7-4-5-8-20/h13,15H,4-12H2,1-3H3/t15-/m1/s1. The third kappa shape index (κ3) is 4.16. The first kappa shape index (κ1) is 17.8. The number of likely N-dealkylation sites (tertiary alicyclic amines) is 1. The molecule has 0 aliphatic carbocycles. The lowest BCUT2D eigenvalue weighted by Gasteiger charge is -2.26. The molecule has 0 saturated carbocycles. The monoisotopic (exact) mass is 351 g/mol. The maximum atomic E-state index is 13.0. The topological polar surface area (TPSA) is 45.7 Å². The van der Waals surface area contributed by atoms with E-state index < -0.39 is 0 Å². The smallest absolute Gasteiger partial charge is 0.265 e. The molecule has 2 aliphatic rings. The summed E-state index contributed by atoms with van der Waals surface area (Å²) in [5.41, 5.74) is 0.870. The molecule has 1 aromatic rings. The summed E-state index contributed by atoms with van der Waals surface area (Å²) < 4.78 is 6.01. The van der Waals surface area contributed by atoms with Gasteiger partial charge in [0.25, 0.3) is 5.91 Å². The summed E-state index contributed by atoms with van der Waals surface area (Å²) in [4.78, 5) is 22.9. The van der Waals surface area contributed by atoms with Crippen molar-refractivity contribution in [3.05, 3.63) is 15.6 Å². The molecule has 2 saturated heterocycles. The Hall–Kier alpha value is -0.980. The molecule has 0 spiro atoms. The fourth-order valence-electron chi connectivity index (χ4n) is 3.45. The van der Waals surface area contributed by atoms with Gasteiger partial charge in [-0.05, 0) is 39.3 Å². The molecule has 134 valence electrons. The van der Waals surface area contributed by atoms with Crippen LogP contribution < -0.4 is 0 Å². The van der Waals surface area contributed by atoms with Gasteiger partial charge in [-0.25, -0.2) is 4.98 Å². The molecule has 3 heterocycles. The fourth-order valence-corrected chi connectivity index (χ4v) is 4.49. The van der Waals surface area contributed by atoms with Crippen LogP contribution in [0.4, 0.5) is 0 Å². The van der Waals surface area contributed by atoms with Crippen LogP contribution in [-0.4, -0.2) is 66.1 Å². The molecule has 0 N–H and O–H groups in total. The molecule has 3 rings (SSSR count). The summed E-state index contributed by atoms with van der Waals surface area (Å²) in [7, 11) is 0. The Kier molecular flexibility index (Phi) is 5.89. The van der Waals surface area contributed by atoms with E-state index >= 15 is 0 Å². The van der Waals surface area contributed by atoms with Gasteiger partial charge in [-0.15, -0.1) is 11.3 Å². The van der Waals surface area contributed by atoms with Crippen molar-refractivity contribution in [1.29, 1.82) is 0 Å². The second-order valence-corrected chi connectivity index (χ2v) is 8.26. The number of carbonyl (C=O) groups excluding carboxylic acids is 1. The number of nitrogens with zero attached hydrogens (tertiary/aromatic N) is 3. The maximum absolute atomic E-state index is 13.0. The largest absolute Gasteiger partial charge is 0.375 e. The lowest BCUT2D eigenvalue weighted by Crippen LogP contribution is -2.41. The quantitative estimate of drug-likeness (QED) is 0.837. The van der Waals surface area contributed by atoms with Crippen molar-refractivity contribution in [2.45, 2.75) is 52.1 Å². The molecule has 5 nitrogen and oxygen atoms in total. The Morgan fingerprint density at radius 3 is 2.71 bits per heavy atom. The number of aryl methyl sites for hydroxylation is 1. The number of aromatic nitrogens is 1. The predicted molar refractivity (Wildman–Crippen MR) is 96.9 cm³/mol. The average Bonchev–Trinajstić information content (AvgIpc) is 3.12. The SMILES string of the molecule is Cc1nc(C(C)C)sc1C(=O)N1CCCO[C@H](CN2CCCC2)C1. The Morgan fingerprint density at radius 1 is 1.29 bits per heavy atom. The molecule has 0 aromatic carbocycles. The van der Waals surface area contributed by atoms with Crippen molar-refractivity contribution in [3.8, 4) is 0 Å². The maximum Gasteiger partial charge on any atom is 0.265 e. The molecule has 1 aromatic heterocycles. The van der Waals surface area contributed by atoms with Crippen LogP contribution in [0, 0.1) is 6.92 Å². The van der Waals surface area contributed by atoms with Crippen molar-refractivity contribution in [3.63, 3.8) is 0 Å². The van der Waals surface area contributed by atoms with Gasteiger partial charge in [0.15, 0.2) is 0 Å². The van der Waals surface area contributed by atoms with E-state index in [2.05, 4.69) is 23.7 Å². The van der Waals surface area contributed by atoms with E-state index in [-0.39, 0.29) is 12.0 Å². The van der Waals surface area contributed by atoms with Crippen molar-refractivity contribution in [2.24, 2.45) is 0 Å². The molecule has 0 unspecified atom stereocenters. The lowest BCUT2D eigenvalue weighted by molar-refractivity contribution is 0.0298. The molecule has 6 heteroatoms. The first-order valence-electron chi connectivity index (χ1n) is 9.15. The number of ether oxygens (including phenoxy) is 1. The van der Waals surface area contributed by atoms with E-state index in [9.17, 15) is 4.79 Å². The Balaban J connectivity index is 1.68. The van der Waals surface area contributed by atoms with E-state index in [1.165, 1.54) is 25.9 Å². The summed E-state index contributed by atoms with van der Waals surface area (Å²) in [6.45, 7) is 11.7. The second kappa shape index (κ2) is 7.93. The van der Waals surface area contributed by atoms with Gasteiger partial charge in [-0.1, -0.05) is 13.8 Å². The number of rotatable bonds is 4. The molecule has 24 heavy (non-hydrogen) atoms. The summed E-state index contributed by atoms with van der Waals surface area (Å²) in [6.07, 6.45) is 3.62. The first-order chi connectivity index (χ1) is 11.5. The minimum absolute atomic E-state index is 0.132. The van der Waals surface area contributed by atoms with Crippen molar-refractivity contribution in [2.75, 3.05) is 39.3 Å². The van der Waals surface area contributed by atoms with Crippen LogP contribution in [0.5, 0.6) is 0 Å². The zero-order valence-electron chi connectivity index (χ0n) is 15.1. The Labute approximate surface area is 149 Å². The molecule has 0 radical (unpaired) electrons. The number of hydrogen-bond acceptors (Lipinski definition) is 5. The van der Waals surface area contributed by atoms with Crippen LogP contribution in [0.1, 0.15) is 59.4 Å². The van der Waals surface area contributed by atoms with Crippen LogP contribution in [0.2, 0.25) is 0 Å². The molecule has 0 bridgehead atoms. The fraction of sp³-hybridized carbons (Fsp3) is 0.778. The van der Waals surface area contributed by atoms with E-state index in [0.717, 1.165) is 41.7 Å². The van der Waals surface area contributed by atoms with Crippen LogP contribution in [0.25, 0.3) is 0 Å². The molecule has 1 amide bonds. The van der Waals surface area contributed by atoms with E-state index in [4.69, 9.17) is 4.74 Å². The summed E-state index contributed by atoms with van der Waals surface area (Å²) in [5, 5.41) is 1.05.